The Bertz CT molecular complexity index is 1490. The fourth-order valence-electron chi connectivity index (χ4n) is 4.01. The molecule has 34 heavy (non-hydrogen) atoms. The van der Waals surface area contributed by atoms with Crippen molar-refractivity contribution in [3.8, 4) is 5.69 Å². The average molecular weight is 609 g/mol. The Morgan fingerprint density at radius 1 is 1.21 bits per heavy atom. The van der Waals surface area contributed by atoms with E-state index in [0.717, 1.165) is 8.95 Å². The van der Waals surface area contributed by atoms with E-state index in [1.165, 1.54) is 0 Å². The van der Waals surface area contributed by atoms with E-state index >= 15 is 0 Å². The Hall–Kier alpha value is -2.53. The topological polar surface area (TPSA) is 90.5 Å². The predicted octanol–water partition coefficient (Wildman–Crippen LogP) is 5.07. The van der Waals surface area contributed by atoms with E-state index < -0.39 is 17.6 Å². The van der Waals surface area contributed by atoms with Gasteiger partial charge in [-0.1, -0.05) is 32.7 Å². The molecule has 2 aromatic carbocycles. The minimum atomic E-state index is -0.672. The molecule has 1 fully saturated rings. The summed E-state index contributed by atoms with van der Waals surface area (Å²) in [6.07, 6.45) is 1.73. The Morgan fingerprint density at radius 2 is 2.03 bits per heavy atom. The minimum absolute atomic E-state index is 0.00229. The lowest BCUT2D eigenvalue weighted by molar-refractivity contribution is -0.00417. The monoisotopic (exact) mass is 606 g/mol. The number of nitrogens with zero attached hydrogens (tertiary/aromatic N) is 4. The van der Waals surface area contributed by atoms with E-state index in [1.54, 1.807) is 47.0 Å². The van der Waals surface area contributed by atoms with Gasteiger partial charge < -0.3 is 14.1 Å². The number of rotatable bonds is 3. The molecule has 3 heterocycles. The Balaban J connectivity index is 1.53. The highest BCUT2D eigenvalue weighted by Gasteiger charge is 2.34. The number of benzene rings is 2. The van der Waals surface area contributed by atoms with Gasteiger partial charge in [-0.2, -0.15) is 0 Å². The molecule has 4 aromatic rings. The molecule has 0 saturated carbocycles. The highest BCUT2D eigenvalue weighted by molar-refractivity contribution is 9.10. The SMILES string of the molecule is Cc1c(C(=O)N2CCOCC2c2cn(-c3cc(Cl)ccc3Br)nn2)c(=O)oc2ccc(Br)cc12. The molecule has 0 radical (unpaired) electrons. The molecule has 1 unspecified atom stereocenters. The zero-order valence-electron chi connectivity index (χ0n) is 17.8. The molecule has 1 aliphatic heterocycles. The number of morpholine rings is 1. The van der Waals surface area contributed by atoms with E-state index in [1.807, 2.05) is 12.1 Å². The molecular weight excluding hydrogens is 592 g/mol. The average Bonchev–Trinajstić information content (AvgIpc) is 3.31. The number of aromatic nitrogens is 3. The van der Waals surface area contributed by atoms with Gasteiger partial charge in [0.25, 0.3) is 5.91 Å². The first kappa shape index (κ1) is 23.2. The van der Waals surface area contributed by atoms with Crippen LogP contribution in [0.2, 0.25) is 5.02 Å². The van der Waals surface area contributed by atoms with Crippen molar-refractivity contribution in [2.24, 2.45) is 0 Å². The first-order chi connectivity index (χ1) is 16.3. The first-order valence-corrected chi connectivity index (χ1v) is 12.3. The lowest BCUT2D eigenvalue weighted by Gasteiger charge is -2.34. The Morgan fingerprint density at radius 3 is 2.85 bits per heavy atom. The zero-order valence-corrected chi connectivity index (χ0v) is 21.7. The van der Waals surface area contributed by atoms with Crippen LogP contribution in [0.5, 0.6) is 0 Å². The second-order valence-corrected chi connectivity index (χ2v) is 10.0. The summed E-state index contributed by atoms with van der Waals surface area (Å²) < 4.78 is 14.3. The maximum Gasteiger partial charge on any atom is 0.349 e. The van der Waals surface area contributed by atoms with E-state index in [9.17, 15) is 9.59 Å². The van der Waals surface area contributed by atoms with Crippen LogP contribution in [0.15, 0.2) is 60.8 Å². The number of aryl methyl sites for hydroxylation is 1. The summed E-state index contributed by atoms with van der Waals surface area (Å²) in [5.41, 5.74) is 1.56. The van der Waals surface area contributed by atoms with Crippen molar-refractivity contribution in [3.05, 3.63) is 83.8 Å². The van der Waals surface area contributed by atoms with Crippen molar-refractivity contribution in [2.45, 2.75) is 13.0 Å². The number of halogens is 3. The second kappa shape index (κ2) is 9.26. The molecule has 1 saturated heterocycles. The molecule has 174 valence electrons. The molecule has 1 atom stereocenters. The maximum absolute atomic E-state index is 13.6. The van der Waals surface area contributed by atoms with Gasteiger partial charge in [-0.05, 0) is 64.8 Å². The Kier molecular flexibility index (Phi) is 6.32. The van der Waals surface area contributed by atoms with Gasteiger partial charge in [0.05, 0.1) is 25.1 Å². The van der Waals surface area contributed by atoms with Gasteiger partial charge in [0.2, 0.25) is 0 Å². The maximum atomic E-state index is 13.6. The number of fused-ring (bicyclic) bond motifs is 1. The highest BCUT2D eigenvalue weighted by atomic mass is 79.9. The van der Waals surface area contributed by atoms with Gasteiger partial charge in [-0.15, -0.1) is 5.10 Å². The number of carbonyl (C=O) groups is 1. The van der Waals surface area contributed by atoms with E-state index in [0.29, 0.717) is 46.1 Å². The van der Waals surface area contributed by atoms with Gasteiger partial charge in [-0.3, -0.25) is 4.79 Å². The van der Waals surface area contributed by atoms with Crippen molar-refractivity contribution in [3.63, 3.8) is 0 Å². The van der Waals surface area contributed by atoms with Gasteiger partial charge in [0.1, 0.15) is 22.9 Å². The molecule has 0 aliphatic carbocycles. The smallest absolute Gasteiger partial charge is 0.349 e. The second-order valence-electron chi connectivity index (χ2n) is 7.80. The van der Waals surface area contributed by atoms with Crippen LogP contribution in [-0.4, -0.2) is 45.6 Å². The lowest BCUT2D eigenvalue weighted by atomic mass is 10.0. The summed E-state index contributed by atoms with van der Waals surface area (Å²) in [5, 5.41) is 9.75. The molecule has 1 aliphatic rings. The summed E-state index contributed by atoms with van der Waals surface area (Å²) in [4.78, 5) is 28.1. The van der Waals surface area contributed by atoms with Crippen molar-refractivity contribution < 1.29 is 13.9 Å². The van der Waals surface area contributed by atoms with Crippen molar-refractivity contribution in [2.75, 3.05) is 19.8 Å². The summed E-state index contributed by atoms with van der Waals surface area (Å²) in [6.45, 7) is 2.62. The standard InChI is InChI=1S/C23H17Br2ClN4O4/c1-12-15-8-13(24)2-5-20(15)34-23(32)21(12)22(31)29-6-7-33-11-19(29)17-10-30(28-27-17)18-9-14(26)3-4-16(18)25/h2-5,8-10,19H,6-7,11H2,1H3. The molecule has 0 N–H and O–H groups in total. The number of hydrogen-bond acceptors (Lipinski definition) is 6. The van der Waals surface area contributed by atoms with Gasteiger partial charge in [0, 0.05) is 25.9 Å². The largest absolute Gasteiger partial charge is 0.422 e. The fraction of sp³-hybridized carbons (Fsp3) is 0.217. The Labute approximate surface area is 215 Å². The van der Waals surface area contributed by atoms with Crippen LogP contribution in [0.3, 0.4) is 0 Å². The van der Waals surface area contributed by atoms with Gasteiger partial charge >= 0.3 is 5.63 Å². The minimum Gasteiger partial charge on any atom is -0.422 e. The van der Waals surface area contributed by atoms with E-state index in [-0.39, 0.29) is 12.2 Å². The molecule has 0 spiro atoms. The predicted molar refractivity (Wildman–Crippen MR) is 134 cm³/mol. The number of carbonyl (C=O) groups excluding carboxylic acids is 1. The third-order valence-electron chi connectivity index (χ3n) is 5.74. The van der Waals surface area contributed by atoms with Crippen LogP contribution in [-0.2, 0) is 4.74 Å². The number of ether oxygens (including phenoxy) is 1. The van der Waals surface area contributed by atoms with Crippen molar-refractivity contribution >= 4 is 60.3 Å². The van der Waals surface area contributed by atoms with Crippen LogP contribution in [0, 0.1) is 6.92 Å². The quantitative estimate of drug-likeness (QED) is 0.302. The molecular formula is C23H17Br2ClN4O4. The molecule has 1 amide bonds. The van der Waals surface area contributed by atoms with Crippen LogP contribution < -0.4 is 5.63 Å². The van der Waals surface area contributed by atoms with Gasteiger partial charge in [-0.25, -0.2) is 9.48 Å². The van der Waals surface area contributed by atoms with Crippen LogP contribution in [0.25, 0.3) is 16.7 Å². The molecule has 2 aromatic heterocycles. The molecule has 0 bridgehead atoms. The zero-order chi connectivity index (χ0) is 24.0. The summed E-state index contributed by atoms with van der Waals surface area (Å²) in [7, 11) is 0. The molecule has 8 nitrogen and oxygen atoms in total. The molecule has 5 rings (SSSR count). The van der Waals surface area contributed by atoms with E-state index in [4.69, 9.17) is 20.8 Å². The summed E-state index contributed by atoms with van der Waals surface area (Å²) >= 11 is 13.1. The first-order valence-electron chi connectivity index (χ1n) is 10.3. The lowest BCUT2D eigenvalue weighted by Crippen LogP contribution is -2.45. The fourth-order valence-corrected chi connectivity index (χ4v) is 4.97. The number of hydrogen-bond donors (Lipinski definition) is 0. The molecule has 11 heteroatoms. The van der Waals surface area contributed by atoms with Gasteiger partial charge in [0.15, 0.2) is 0 Å². The third kappa shape index (κ3) is 4.19. The normalized spacial score (nSPS) is 16.2. The number of amides is 1. The third-order valence-corrected chi connectivity index (χ3v) is 7.14. The van der Waals surface area contributed by atoms with Crippen LogP contribution in [0.4, 0.5) is 0 Å². The van der Waals surface area contributed by atoms with Crippen LogP contribution in [0.1, 0.15) is 27.7 Å². The summed E-state index contributed by atoms with van der Waals surface area (Å²) in [6, 6.07) is 10.1. The summed E-state index contributed by atoms with van der Waals surface area (Å²) in [5.74, 6) is -0.431. The van der Waals surface area contributed by atoms with E-state index in [2.05, 4.69) is 42.2 Å². The highest BCUT2D eigenvalue weighted by Crippen LogP contribution is 2.29. The van der Waals surface area contributed by atoms with Crippen molar-refractivity contribution in [1.82, 2.24) is 19.9 Å². The van der Waals surface area contributed by atoms with Crippen LogP contribution >= 0.6 is 43.5 Å². The van der Waals surface area contributed by atoms with Crippen molar-refractivity contribution in [1.29, 1.82) is 0 Å².